The van der Waals surface area contributed by atoms with Crippen LogP contribution >= 0.6 is 11.6 Å². The van der Waals surface area contributed by atoms with E-state index in [2.05, 4.69) is 22.1 Å². The summed E-state index contributed by atoms with van der Waals surface area (Å²) in [7, 11) is 0. The fourth-order valence-electron chi connectivity index (χ4n) is 5.14. The van der Waals surface area contributed by atoms with Gasteiger partial charge in [0.05, 0.1) is 17.8 Å². The molecule has 1 amide bonds. The summed E-state index contributed by atoms with van der Waals surface area (Å²) in [5, 5.41) is 18.8. The number of halogens is 4. The Hall–Kier alpha value is -3.97. The van der Waals surface area contributed by atoms with Crippen LogP contribution in [0.5, 0.6) is 0 Å². The molecule has 1 saturated heterocycles. The lowest BCUT2D eigenvalue weighted by Crippen LogP contribution is -2.44. The highest BCUT2D eigenvalue weighted by molar-refractivity contribution is 6.30. The van der Waals surface area contributed by atoms with Crippen LogP contribution in [0.2, 0.25) is 5.02 Å². The van der Waals surface area contributed by atoms with E-state index in [0.717, 1.165) is 22.1 Å². The lowest BCUT2D eigenvalue weighted by molar-refractivity contribution is -0.207. The summed E-state index contributed by atoms with van der Waals surface area (Å²) in [6.07, 6.45) is -4.48. The first kappa shape index (κ1) is 29.5. The van der Waals surface area contributed by atoms with Crippen molar-refractivity contribution >= 4 is 17.5 Å². The maximum Gasteiger partial charge on any atom is 0.416 e. The molecule has 3 heterocycles. The Balaban J connectivity index is 1.45. The SMILES string of the molecule is CC1CCN(C(=O)c2ccccc2-n2cnc(Cn3nc(-c4ccc(Cl)cc4)n(CC(O)C(F)(F)F)c3=O)n2)C(C)C1. The highest BCUT2D eigenvalue weighted by Crippen LogP contribution is 2.26. The molecule has 2 aromatic heterocycles. The molecule has 0 saturated carbocycles. The number of nitrogens with zero attached hydrogens (tertiary/aromatic N) is 7. The third kappa shape index (κ3) is 6.12. The number of hydrogen-bond donors (Lipinski definition) is 1. The minimum Gasteiger partial charge on any atom is -0.382 e. The monoisotopic (exact) mass is 603 g/mol. The lowest BCUT2D eigenvalue weighted by Gasteiger charge is -2.36. The fraction of sp³-hybridized carbons (Fsp3) is 0.393. The number of amides is 1. The van der Waals surface area contributed by atoms with Gasteiger partial charge in [0, 0.05) is 23.2 Å². The number of aromatic nitrogens is 6. The van der Waals surface area contributed by atoms with Gasteiger partial charge in [-0.3, -0.25) is 9.36 Å². The van der Waals surface area contributed by atoms with Crippen molar-refractivity contribution in [2.24, 2.45) is 5.92 Å². The van der Waals surface area contributed by atoms with E-state index < -0.39 is 24.5 Å². The van der Waals surface area contributed by atoms with Crippen molar-refractivity contribution in [3.8, 4) is 17.1 Å². The molecule has 1 aliphatic rings. The Morgan fingerprint density at radius 3 is 2.52 bits per heavy atom. The fourth-order valence-corrected chi connectivity index (χ4v) is 5.26. The van der Waals surface area contributed by atoms with Crippen molar-refractivity contribution in [1.29, 1.82) is 0 Å². The Morgan fingerprint density at radius 1 is 1.12 bits per heavy atom. The molecule has 1 N–H and O–H groups in total. The minimum absolute atomic E-state index is 0.0830. The van der Waals surface area contributed by atoms with Crippen LogP contribution in [0.1, 0.15) is 42.9 Å². The number of hydrogen-bond acceptors (Lipinski definition) is 6. The summed E-state index contributed by atoms with van der Waals surface area (Å²) in [6, 6.07) is 13.1. The second-order valence-electron chi connectivity index (χ2n) is 10.5. The molecular weight excluding hydrogens is 575 g/mol. The molecule has 5 rings (SSSR count). The van der Waals surface area contributed by atoms with Crippen LogP contribution in [0.25, 0.3) is 17.1 Å². The Labute approximate surface area is 244 Å². The van der Waals surface area contributed by atoms with Crippen LogP contribution in [0.3, 0.4) is 0 Å². The number of para-hydroxylation sites is 1. The van der Waals surface area contributed by atoms with Crippen molar-refractivity contribution in [2.75, 3.05) is 6.54 Å². The van der Waals surface area contributed by atoms with E-state index in [9.17, 15) is 27.9 Å². The highest BCUT2D eigenvalue weighted by atomic mass is 35.5. The highest BCUT2D eigenvalue weighted by Gasteiger charge is 2.39. The molecule has 0 aliphatic carbocycles. The van der Waals surface area contributed by atoms with Crippen molar-refractivity contribution < 1.29 is 23.1 Å². The van der Waals surface area contributed by atoms with Gasteiger partial charge in [-0.15, -0.1) is 10.2 Å². The molecule has 14 heteroatoms. The van der Waals surface area contributed by atoms with Crippen LogP contribution in [0.4, 0.5) is 13.2 Å². The van der Waals surface area contributed by atoms with E-state index in [-0.39, 0.29) is 30.1 Å². The van der Waals surface area contributed by atoms with Gasteiger partial charge < -0.3 is 10.0 Å². The second-order valence-corrected chi connectivity index (χ2v) is 11.0. The van der Waals surface area contributed by atoms with Crippen LogP contribution in [0.15, 0.2) is 59.7 Å². The molecule has 3 atom stereocenters. The van der Waals surface area contributed by atoms with Gasteiger partial charge in [-0.25, -0.2) is 19.1 Å². The Bertz CT molecular complexity index is 1630. The van der Waals surface area contributed by atoms with E-state index in [0.29, 0.717) is 34.3 Å². The van der Waals surface area contributed by atoms with Crippen LogP contribution in [-0.4, -0.2) is 69.9 Å². The van der Waals surface area contributed by atoms with Gasteiger partial charge in [0.15, 0.2) is 17.8 Å². The summed E-state index contributed by atoms with van der Waals surface area (Å²) in [5.41, 5.74) is 0.392. The second kappa shape index (κ2) is 11.7. The van der Waals surface area contributed by atoms with Crippen LogP contribution < -0.4 is 5.69 Å². The average molecular weight is 604 g/mol. The van der Waals surface area contributed by atoms with Crippen molar-refractivity contribution in [1.82, 2.24) is 34.0 Å². The van der Waals surface area contributed by atoms with E-state index in [4.69, 9.17) is 11.6 Å². The first-order chi connectivity index (χ1) is 19.9. The number of piperidine rings is 1. The lowest BCUT2D eigenvalue weighted by atomic mass is 9.92. The number of benzene rings is 2. The maximum absolute atomic E-state index is 13.5. The van der Waals surface area contributed by atoms with Crippen LogP contribution in [0, 0.1) is 5.92 Å². The Morgan fingerprint density at radius 2 is 1.83 bits per heavy atom. The van der Waals surface area contributed by atoms with E-state index in [1.807, 2.05) is 11.8 Å². The topological polar surface area (TPSA) is 111 Å². The van der Waals surface area contributed by atoms with E-state index >= 15 is 0 Å². The molecule has 222 valence electrons. The van der Waals surface area contributed by atoms with Crippen molar-refractivity contribution in [3.05, 3.63) is 81.8 Å². The first-order valence-electron chi connectivity index (χ1n) is 13.4. The largest absolute Gasteiger partial charge is 0.416 e. The molecule has 4 aromatic rings. The maximum atomic E-state index is 13.5. The van der Waals surface area contributed by atoms with E-state index in [1.165, 1.54) is 35.3 Å². The number of aliphatic hydroxyl groups is 1. The zero-order valence-electron chi connectivity index (χ0n) is 22.9. The molecule has 3 unspecified atom stereocenters. The summed E-state index contributed by atoms with van der Waals surface area (Å²) in [5.74, 6) is 0.484. The summed E-state index contributed by atoms with van der Waals surface area (Å²) in [4.78, 5) is 32.8. The number of carbonyl (C=O) groups excluding carboxylic acids is 1. The number of aliphatic hydroxyl groups excluding tert-OH is 1. The third-order valence-corrected chi connectivity index (χ3v) is 7.62. The van der Waals surface area contributed by atoms with Gasteiger partial charge in [-0.05, 0) is 62.1 Å². The van der Waals surface area contributed by atoms with Crippen molar-refractivity contribution in [3.63, 3.8) is 0 Å². The summed E-state index contributed by atoms with van der Waals surface area (Å²) in [6.45, 7) is 3.55. The smallest absolute Gasteiger partial charge is 0.382 e. The number of likely N-dealkylation sites (tertiary alicyclic amines) is 1. The van der Waals surface area contributed by atoms with Gasteiger partial charge in [0.1, 0.15) is 12.9 Å². The zero-order chi connectivity index (χ0) is 30.2. The molecule has 1 aliphatic heterocycles. The molecule has 10 nitrogen and oxygen atoms in total. The quantitative estimate of drug-likeness (QED) is 0.339. The molecule has 0 spiro atoms. The standard InChI is InChI=1S/C28H29ClF3N7O3/c1-17-11-12-36(18(2)13-17)26(41)21-5-3-4-6-22(21)39-16-33-24(34-39)15-38-27(42)37(14-23(40)28(30,31)32)25(35-38)19-7-9-20(29)10-8-19/h3-10,16-18,23,40H,11-15H2,1-2H3. The van der Waals surface area contributed by atoms with Crippen molar-refractivity contribution in [2.45, 2.75) is 58.1 Å². The third-order valence-electron chi connectivity index (χ3n) is 7.37. The normalized spacial score (nSPS) is 18.3. The Kier molecular flexibility index (Phi) is 8.24. The zero-order valence-corrected chi connectivity index (χ0v) is 23.6. The predicted octanol–water partition coefficient (Wildman–Crippen LogP) is 4.18. The first-order valence-corrected chi connectivity index (χ1v) is 13.8. The number of carbonyl (C=O) groups is 1. The average Bonchev–Trinajstić information content (AvgIpc) is 3.53. The van der Waals surface area contributed by atoms with Gasteiger partial charge in [-0.2, -0.15) is 13.2 Å². The molecule has 42 heavy (non-hydrogen) atoms. The van der Waals surface area contributed by atoms with E-state index in [1.54, 1.807) is 24.3 Å². The number of rotatable bonds is 7. The summed E-state index contributed by atoms with van der Waals surface area (Å²) < 4.78 is 42.6. The molecule has 2 aromatic carbocycles. The predicted molar refractivity (Wildman–Crippen MR) is 148 cm³/mol. The summed E-state index contributed by atoms with van der Waals surface area (Å²) >= 11 is 5.94. The molecule has 0 radical (unpaired) electrons. The molecule has 0 bridgehead atoms. The van der Waals surface area contributed by atoms with Gasteiger partial charge >= 0.3 is 11.9 Å². The molecule has 1 fully saturated rings. The van der Waals surface area contributed by atoms with Crippen LogP contribution in [-0.2, 0) is 13.1 Å². The van der Waals surface area contributed by atoms with Gasteiger partial charge in [0.2, 0.25) is 0 Å². The van der Waals surface area contributed by atoms with Gasteiger partial charge in [0.25, 0.3) is 5.91 Å². The minimum atomic E-state index is -4.94. The van der Waals surface area contributed by atoms with Gasteiger partial charge in [-0.1, -0.05) is 30.7 Å². The number of alkyl halides is 3. The molecular formula is C28H29ClF3N7O3.